The molecule has 0 spiro atoms. The first-order valence-electron chi connectivity index (χ1n) is 14.9. The van der Waals surface area contributed by atoms with Crippen molar-refractivity contribution in [1.82, 2.24) is 19.4 Å². The summed E-state index contributed by atoms with van der Waals surface area (Å²) in [6.07, 6.45) is 7.61. The van der Waals surface area contributed by atoms with Crippen LogP contribution in [-0.4, -0.2) is 79.8 Å². The minimum Gasteiger partial charge on any atom is -0.478 e. The van der Waals surface area contributed by atoms with E-state index < -0.39 is 11.9 Å². The van der Waals surface area contributed by atoms with Crippen LogP contribution in [0.5, 0.6) is 0 Å². The minimum atomic E-state index is -1.26. The standard InChI is InChI=1S/C29H33FN6.C4H4O4/c30-23-10-8-22(9-11-23)21-36-27-6-2-1-5-26(27)33-29(36)32-24-12-17-34(18-13-24)25-14-19-35(20-15-25)28-7-3-4-16-31-28;5-3(6)1-2-4(7)8/h1-11,16,24-25H,12-15,17-21H2,(H,32,33);1-2H,(H,5,6)(H,7,8)/b;2-1+. The van der Waals surface area contributed by atoms with Crippen molar-refractivity contribution in [3.05, 3.63) is 96.5 Å². The molecule has 0 radical (unpaired) electrons. The van der Waals surface area contributed by atoms with Crippen molar-refractivity contribution in [3.8, 4) is 0 Å². The number of aliphatic carboxylic acids is 2. The Morgan fingerprint density at radius 3 is 2.16 bits per heavy atom. The molecule has 2 fully saturated rings. The van der Waals surface area contributed by atoms with Crippen LogP contribution in [0.25, 0.3) is 11.0 Å². The summed E-state index contributed by atoms with van der Waals surface area (Å²) in [4.78, 5) is 33.7. The molecule has 0 amide bonds. The van der Waals surface area contributed by atoms with Gasteiger partial charge in [-0.15, -0.1) is 0 Å². The average molecular weight is 601 g/mol. The van der Waals surface area contributed by atoms with Gasteiger partial charge in [-0.3, -0.25) is 0 Å². The third-order valence-electron chi connectivity index (χ3n) is 8.09. The summed E-state index contributed by atoms with van der Waals surface area (Å²) in [7, 11) is 0. The van der Waals surface area contributed by atoms with Crippen LogP contribution < -0.4 is 10.2 Å². The monoisotopic (exact) mass is 600 g/mol. The number of hydrogen-bond donors (Lipinski definition) is 3. The van der Waals surface area contributed by atoms with Gasteiger partial charge in [0.2, 0.25) is 5.95 Å². The van der Waals surface area contributed by atoms with E-state index in [4.69, 9.17) is 15.2 Å². The summed E-state index contributed by atoms with van der Waals surface area (Å²) in [6.45, 7) is 5.05. The largest absolute Gasteiger partial charge is 0.478 e. The topological polar surface area (TPSA) is 124 Å². The number of likely N-dealkylation sites (tertiary alicyclic amines) is 1. The van der Waals surface area contributed by atoms with E-state index in [-0.39, 0.29) is 5.82 Å². The second-order valence-electron chi connectivity index (χ2n) is 11.0. The first-order valence-corrected chi connectivity index (χ1v) is 14.9. The number of nitrogens with one attached hydrogen (secondary N) is 1. The number of nitrogens with zero attached hydrogens (tertiary/aromatic N) is 5. The molecule has 3 N–H and O–H groups in total. The second-order valence-corrected chi connectivity index (χ2v) is 11.0. The molecule has 0 atom stereocenters. The third-order valence-corrected chi connectivity index (χ3v) is 8.09. The second kappa shape index (κ2) is 14.6. The normalized spacial score (nSPS) is 16.5. The number of piperidine rings is 2. The maximum atomic E-state index is 13.4. The molecule has 2 aromatic heterocycles. The van der Waals surface area contributed by atoms with E-state index in [2.05, 4.69) is 48.9 Å². The molecular formula is C33H37FN6O4. The fraction of sp³-hybridized carbons (Fsp3) is 0.333. The molecule has 0 bridgehead atoms. The van der Waals surface area contributed by atoms with Crippen LogP contribution in [0.3, 0.4) is 0 Å². The maximum Gasteiger partial charge on any atom is 0.328 e. The number of rotatable bonds is 8. The smallest absolute Gasteiger partial charge is 0.328 e. The zero-order valence-electron chi connectivity index (χ0n) is 24.4. The number of hydrogen-bond acceptors (Lipinski definition) is 7. The van der Waals surface area contributed by atoms with E-state index in [0.29, 0.717) is 30.8 Å². The van der Waals surface area contributed by atoms with Gasteiger partial charge in [0.25, 0.3) is 0 Å². The highest BCUT2D eigenvalue weighted by atomic mass is 19.1. The minimum absolute atomic E-state index is 0.207. The molecule has 6 rings (SSSR count). The number of para-hydroxylation sites is 2. The Bertz CT molecular complexity index is 1540. The van der Waals surface area contributed by atoms with Gasteiger partial charge < -0.3 is 29.9 Å². The summed E-state index contributed by atoms with van der Waals surface area (Å²) in [5, 5.41) is 19.4. The predicted octanol–water partition coefficient (Wildman–Crippen LogP) is 4.88. The maximum absolute atomic E-state index is 13.4. The molecule has 10 nitrogen and oxygen atoms in total. The van der Waals surface area contributed by atoms with Crippen LogP contribution in [0.4, 0.5) is 16.2 Å². The molecule has 230 valence electrons. The fourth-order valence-corrected chi connectivity index (χ4v) is 5.85. The molecule has 0 aliphatic carbocycles. The van der Waals surface area contributed by atoms with Crippen LogP contribution in [0.1, 0.15) is 31.2 Å². The molecule has 44 heavy (non-hydrogen) atoms. The number of imidazole rings is 1. The van der Waals surface area contributed by atoms with Crippen molar-refractivity contribution < 1.29 is 24.2 Å². The van der Waals surface area contributed by atoms with Gasteiger partial charge >= 0.3 is 11.9 Å². The van der Waals surface area contributed by atoms with Crippen LogP contribution >= 0.6 is 0 Å². The van der Waals surface area contributed by atoms with E-state index in [1.54, 1.807) is 0 Å². The van der Waals surface area contributed by atoms with Gasteiger partial charge in [0.15, 0.2) is 0 Å². The zero-order valence-corrected chi connectivity index (χ0v) is 24.4. The SMILES string of the molecule is Fc1ccc(Cn2c(NC3CCN(C4CCN(c5ccccn5)CC4)CC3)nc3ccccc32)cc1.O=C(O)/C=C/C(=O)O. The Hall–Kier alpha value is -4.77. The van der Waals surface area contributed by atoms with Crippen LogP contribution in [0.2, 0.25) is 0 Å². The number of carbonyl (C=O) groups is 2. The first-order chi connectivity index (χ1) is 21.4. The van der Waals surface area contributed by atoms with Gasteiger partial charge in [-0.25, -0.2) is 23.9 Å². The average Bonchev–Trinajstić information content (AvgIpc) is 3.38. The van der Waals surface area contributed by atoms with E-state index in [1.165, 1.54) is 25.0 Å². The number of carboxylic acid groups (broad SMARTS) is 2. The van der Waals surface area contributed by atoms with Crippen LogP contribution in [0.15, 0.2) is 85.1 Å². The highest BCUT2D eigenvalue weighted by Crippen LogP contribution is 2.27. The van der Waals surface area contributed by atoms with E-state index >= 15 is 0 Å². The highest BCUT2D eigenvalue weighted by Gasteiger charge is 2.29. The fourth-order valence-electron chi connectivity index (χ4n) is 5.85. The van der Waals surface area contributed by atoms with Crippen LogP contribution in [-0.2, 0) is 16.1 Å². The first kappa shape index (κ1) is 30.7. The number of pyridine rings is 1. The Morgan fingerprint density at radius 2 is 1.52 bits per heavy atom. The van der Waals surface area contributed by atoms with Crippen LogP contribution in [0, 0.1) is 5.82 Å². The number of benzene rings is 2. The molecule has 4 aromatic rings. The molecule has 2 saturated heterocycles. The van der Waals surface area contributed by atoms with Gasteiger partial charge in [0.1, 0.15) is 11.6 Å². The quantitative estimate of drug-likeness (QED) is 0.243. The number of anilines is 2. The van der Waals surface area contributed by atoms with Crippen molar-refractivity contribution in [2.75, 3.05) is 36.4 Å². The van der Waals surface area contributed by atoms with Crippen molar-refractivity contribution in [1.29, 1.82) is 0 Å². The summed E-state index contributed by atoms with van der Waals surface area (Å²) in [6, 6.07) is 22.2. The molecule has 2 aliphatic heterocycles. The van der Waals surface area contributed by atoms with Crippen molar-refractivity contribution in [2.45, 2.75) is 44.3 Å². The van der Waals surface area contributed by atoms with E-state index in [0.717, 1.165) is 67.4 Å². The molecule has 4 heterocycles. The lowest BCUT2D eigenvalue weighted by Crippen LogP contribution is -2.49. The summed E-state index contributed by atoms with van der Waals surface area (Å²) >= 11 is 0. The summed E-state index contributed by atoms with van der Waals surface area (Å²) in [5.74, 6) is -0.716. The van der Waals surface area contributed by atoms with Crippen molar-refractivity contribution >= 4 is 34.7 Å². The van der Waals surface area contributed by atoms with Gasteiger partial charge in [0.05, 0.1) is 17.6 Å². The molecule has 0 unspecified atom stereocenters. The molecular weight excluding hydrogens is 563 g/mol. The van der Waals surface area contributed by atoms with E-state index in [1.807, 2.05) is 36.5 Å². The summed E-state index contributed by atoms with van der Waals surface area (Å²) in [5.41, 5.74) is 3.15. The van der Waals surface area contributed by atoms with Crippen molar-refractivity contribution in [3.63, 3.8) is 0 Å². The Balaban J connectivity index is 0.000000426. The number of fused-ring (bicyclic) bond motifs is 1. The molecule has 2 aliphatic rings. The Kier molecular flexibility index (Phi) is 10.2. The lowest BCUT2D eigenvalue weighted by molar-refractivity contribution is -0.134. The number of aromatic nitrogens is 3. The zero-order chi connectivity index (χ0) is 30.9. The lowest BCUT2D eigenvalue weighted by Gasteiger charge is -2.42. The van der Waals surface area contributed by atoms with Crippen molar-refractivity contribution in [2.24, 2.45) is 0 Å². The van der Waals surface area contributed by atoms with E-state index in [9.17, 15) is 14.0 Å². The number of carboxylic acids is 2. The lowest BCUT2D eigenvalue weighted by atomic mass is 9.98. The summed E-state index contributed by atoms with van der Waals surface area (Å²) < 4.78 is 15.7. The van der Waals surface area contributed by atoms with Gasteiger partial charge in [-0.1, -0.05) is 30.3 Å². The molecule has 11 heteroatoms. The molecule has 2 aromatic carbocycles. The number of halogens is 1. The van der Waals surface area contributed by atoms with Gasteiger partial charge in [-0.05, 0) is 67.6 Å². The highest BCUT2D eigenvalue weighted by molar-refractivity contribution is 5.89. The van der Waals surface area contributed by atoms with Gasteiger partial charge in [-0.2, -0.15) is 0 Å². The van der Waals surface area contributed by atoms with Gasteiger partial charge in [0, 0.05) is 56.6 Å². The Labute approximate surface area is 255 Å². The Morgan fingerprint density at radius 1 is 0.864 bits per heavy atom. The molecule has 0 saturated carbocycles. The third kappa shape index (κ3) is 8.19. The predicted molar refractivity (Wildman–Crippen MR) is 167 cm³/mol.